The molecule has 0 aromatic heterocycles. The number of allylic oxidation sites excluding steroid dienone is 1. The van der Waals surface area contributed by atoms with Crippen molar-refractivity contribution in [3.63, 3.8) is 0 Å². The predicted molar refractivity (Wildman–Crippen MR) is 77.2 cm³/mol. The maximum Gasteiger partial charge on any atom is 0.199 e. The van der Waals surface area contributed by atoms with Crippen LogP contribution < -0.4 is 0 Å². The van der Waals surface area contributed by atoms with Gasteiger partial charge in [0.2, 0.25) is 0 Å². The van der Waals surface area contributed by atoms with Crippen LogP contribution in [-0.2, 0) is 0 Å². The fourth-order valence-electron chi connectivity index (χ4n) is 1.44. The third-order valence-electron chi connectivity index (χ3n) is 2.34. The molecule has 0 N–H and O–H groups in total. The van der Waals surface area contributed by atoms with Gasteiger partial charge in [0.15, 0.2) is 5.78 Å². The molecule has 2 aromatic rings. The first-order chi connectivity index (χ1) is 8.66. The first-order valence-electron chi connectivity index (χ1n) is 5.39. The van der Waals surface area contributed by atoms with Crippen LogP contribution in [0.1, 0.15) is 10.4 Å². The summed E-state index contributed by atoms with van der Waals surface area (Å²) >= 11 is 7.16. The summed E-state index contributed by atoms with van der Waals surface area (Å²) < 4.78 is 0. The van der Waals surface area contributed by atoms with E-state index in [0.29, 0.717) is 15.5 Å². The molecule has 0 radical (unpaired) electrons. The second kappa shape index (κ2) is 5.89. The Morgan fingerprint density at radius 3 is 2.22 bits per heavy atom. The summed E-state index contributed by atoms with van der Waals surface area (Å²) in [6.07, 6.45) is 0. The number of Topliss-reactive ketones (excluding diaryl/α,β-unsaturated/α-hetero) is 1. The maximum absolute atomic E-state index is 12.1. The van der Waals surface area contributed by atoms with Crippen molar-refractivity contribution in [3.05, 3.63) is 76.7 Å². The molecule has 0 unspecified atom stereocenters. The Hall–Kier alpha value is -1.51. The fourth-order valence-corrected chi connectivity index (χ4v) is 2.33. The molecule has 0 aliphatic heterocycles. The van der Waals surface area contributed by atoms with Crippen LogP contribution in [0.2, 0.25) is 5.02 Å². The van der Waals surface area contributed by atoms with Crippen molar-refractivity contribution in [1.82, 2.24) is 0 Å². The molecule has 18 heavy (non-hydrogen) atoms. The summed E-state index contributed by atoms with van der Waals surface area (Å²) in [6, 6.07) is 16.5. The van der Waals surface area contributed by atoms with E-state index in [0.717, 1.165) is 4.90 Å². The van der Waals surface area contributed by atoms with E-state index in [1.165, 1.54) is 11.8 Å². The predicted octanol–water partition coefficient (Wildman–Crippen LogP) is 4.83. The highest BCUT2D eigenvalue weighted by atomic mass is 35.5. The molecule has 0 saturated carbocycles. The fraction of sp³-hybridized carbons (Fsp3) is 0. The summed E-state index contributed by atoms with van der Waals surface area (Å²) in [5, 5.41) is 0.680. The Bertz CT molecular complexity index is 561. The summed E-state index contributed by atoms with van der Waals surface area (Å²) in [5.41, 5.74) is 0.656. The Labute approximate surface area is 115 Å². The number of thioether (sulfide) groups is 1. The van der Waals surface area contributed by atoms with Gasteiger partial charge >= 0.3 is 0 Å². The van der Waals surface area contributed by atoms with E-state index in [4.69, 9.17) is 11.6 Å². The standard InChI is InChI=1S/C15H11ClOS/c1-11(15(17)12-5-3-2-4-6-12)18-14-9-7-13(16)8-10-14/h2-10H,1H2. The van der Waals surface area contributed by atoms with Gasteiger partial charge in [-0.3, -0.25) is 4.79 Å². The minimum absolute atomic E-state index is 0.0458. The molecule has 1 nitrogen and oxygen atoms in total. The second-order valence-corrected chi connectivity index (χ2v) is 5.28. The second-order valence-electron chi connectivity index (χ2n) is 3.67. The molecule has 3 heteroatoms. The largest absolute Gasteiger partial charge is 0.288 e. The maximum atomic E-state index is 12.1. The molecule has 0 aliphatic rings. The van der Waals surface area contributed by atoms with Gasteiger partial charge in [-0.2, -0.15) is 0 Å². The number of ketones is 1. The van der Waals surface area contributed by atoms with Gasteiger partial charge in [0.05, 0.1) is 4.91 Å². The van der Waals surface area contributed by atoms with E-state index in [1.807, 2.05) is 30.3 Å². The Balaban J connectivity index is 2.09. The summed E-state index contributed by atoms with van der Waals surface area (Å²) in [5.74, 6) is -0.0458. The van der Waals surface area contributed by atoms with E-state index >= 15 is 0 Å². The first-order valence-corrected chi connectivity index (χ1v) is 6.58. The Morgan fingerprint density at radius 1 is 1.00 bits per heavy atom. The highest BCUT2D eigenvalue weighted by Gasteiger charge is 2.10. The Morgan fingerprint density at radius 2 is 1.61 bits per heavy atom. The monoisotopic (exact) mass is 274 g/mol. The van der Waals surface area contributed by atoms with Gasteiger partial charge in [-0.25, -0.2) is 0 Å². The van der Waals surface area contributed by atoms with Crippen molar-refractivity contribution in [2.75, 3.05) is 0 Å². The third-order valence-corrected chi connectivity index (χ3v) is 3.54. The van der Waals surface area contributed by atoms with Crippen LogP contribution >= 0.6 is 23.4 Å². The van der Waals surface area contributed by atoms with Gasteiger partial charge in [-0.15, -0.1) is 0 Å². The molecule has 0 amide bonds. The van der Waals surface area contributed by atoms with E-state index in [-0.39, 0.29) is 5.78 Å². The summed E-state index contributed by atoms with van der Waals surface area (Å²) in [7, 11) is 0. The van der Waals surface area contributed by atoms with Gasteiger partial charge in [0.1, 0.15) is 0 Å². The van der Waals surface area contributed by atoms with Crippen molar-refractivity contribution in [1.29, 1.82) is 0 Å². The molecule has 0 bridgehead atoms. The van der Waals surface area contributed by atoms with Crippen molar-refractivity contribution in [2.24, 2.45) is 0 Å². The van der Waals surface area contributed by atoms with Gasteiger partial charge < -0.3 is 0 Å². The topological polar surface area (TPSA) is 17.1 Å². The van der Waals surface area contributed by atoms with Crippen molar-refractivity contribution in [2.45, 2.75) is 4.90 Å². The zero-order valence-electron chi connectivity index (χ0n) is 9.60. The molecule has 2 rings (SSSR count). The summed E-state index contributed by atoms with van der Waals surface area (Å²) in [4.78, 5) is 13.5. The van der Waals surface area contributed by atoms with Crippen LogP contribution in [-0.4, -0.2) is 5.78 Å². The number of benzene rings is 2. The van der Waals surface area contributed by atoms with Gasteiger partial charge in [0.25, 0.3) is 0 Å². The van der Waals surface area contributed by atoms with Crippen molar-refractivity contribution < 1.29 is 4.79 Å². The number of rotatable bonds is 4. The minimum Gasteiger partial charge on any atom is -0.288 e. The average molecular weight is 275 g/mol. The third kappa shape index (κ3) is 3.25. The molecule has 0 spiro atoms. The molecule has 2 aromatic carbocycles. The highest BCUT2D eigenvalue weighted by molar-refractivity contribution is 8.04. The lowest BCUT2D eigenvalue weighted by molar-refractivity contribution is 0.104. The van der Waals surface area contributed by atoms with Crippen LogP contribution in [0.5, 0.6) is 0 Å². The molecule has 0 fully saturated rings. The van der Waals surface area contributed by atoms with E-state index < -0.39 is 0 Å². The smallest absolute Gasteiger partial charge is 0.199 e. The van der Waals surface area contributed by atoms with Crippen molar-refractivity contribution >= 4 is 29.1 Å². The number of hydrogen-bond donors (Lipinski definition) is 0. The SMILES string of the molecule is C=C(Sc1ccc(Cl)cc1)C(=O)c1ccccc1. The molecular weight excluding hydrogens is 264 g/mol. The van der Waals surface area contributed by atoms with Gasteiger partial charge in [-0.05, 0) is 24.3 Å². The first kappa shape index (κ1) is 12.9. The van der Waals surface area contributed by atoms with Crippen LogP contribution in [0.25, 0.3) is 0 Å². The van der Waals surface area contributed by atoms with Gasteiger partial charge in [0, 0.05) is 15.5 Å². The zero-order chi connectivity index (χ0) is 13.0. The lowest BCUT2D eigenvalue weighted by atomic mass is 10.1. The Kier molecular flexibility index (Phi) is 4.24. The number of halogens is 1. The quantitative estimate of drug-likeness (QED) is 0.451. The van der Waals surface area contributed by atoms with Crippen molar-refractivity contribution in [3.8, 4) is 0 Å². The zero-order valence-corrected chi connectivity index (χ0v) is 11.2. The minimum atomic E-state index is -0.0458. The van der Waals surface area contributed by atoms with Gasteiger partial charge in [-0.1, -0.05) is 60.3 Å². The van der Waals surface area contributed by atoms with Crippen LogP contribution in [0.3, 0.4) is 0 Å². The summed E-state index contributed by atoms with van der Waals surface area (Å²) in [6.45, 7) is 3.83. The number of carbonyl (C=O) groups excluding carboxylic acids is 1. The average Bonchev–Trinajstić information content (AvgIpc) is 2.41. The lowest BCUT2D eigenvalue weighted by Gasteiger charge is -2.04. The molecule has 0 aliphatic carbocycles. The molecular formula is C15H11ClOS. The number of hydrogen-bond acceptors (Lipinski definition) is 2. The molecule has 0 heterocycles. The highest BCUT2D eigenvalue weighted by Crippen LogP contribution is 2.28. The number of carbonyl (C=O) groups is 1. The normalized spacial score (nSPS) is 10.1. The molecule has 0 atom stereocenters. The molecule has 0 saturated heterocycles. The molecule has 90 valence electrons. The van der Waals surface area contributed by atoms with E-state index in [1.54, 1.807) is 24.3 Å². The van der Waals surface area contributed by atoms with Crippen LogP contribution in [0, 0.1) is 0 Å². The van der Waals surface area contributed by atoms with Crippen LogP contribution in [0.15, 0.2) is 71.0 Å². The lowest BCUT2D eigenvalue weighted by Crippen LogP contribution is -1.98. The van der Waals surface area contributed by atoms with Crippen LogP contribution in [0.4, 0.5) is 0 Å². The van der Waals surface area contributed by atoms with E-state index in [9.17, 15) is 4.79 Å². The van der Waals surface area contributed by atoms with E-state index in [2.05, 4.69) is 6.58 Å².